The van der Waals surface area contributed by atoms with Gasteiger partial charge in [0, 0.05) is 18.2 Å². The van der Waals surface area contributed by atoms with Crippen molar-refractivity contribution in [3.8, 4) is 0 Å². The van der Waals surface area contributed by atoms with Gasteiger partial charge in [0.2, 0.25) is 0 Å². The normalized spacial score (nSPS) is 25.9. The zero-order valence-corrected chi connectivity index (χ0v) is 12.2. The third kappa shape index (κ3) is 2.73. The summed E-state index contributed by atoms with van der Waals surface area (Å²) in [5.41, 5.74) is 3.39. The van der Waals surface area contributed by atoms with Crippen LogP contribution in [0, 0.1) is 5.92 Å². The van der Waals surface area contributed by atoms with Crippen molar-refractivity contribution in [1.29, 1.82) is 0 Å². The zero-order chi connectivity index (χ0) is 13.9. The Hall–Kier alpha value is -1.35. The van der Waals surface area contributed by atoms with E-state index in [1.54, 1.807) is 0 Å². The Labute approximate surface area is 121 Å². The van der Waals surface area contributed by atoms with Crippen LogP contribution in [0.4, 0.5) is 0 Å². The number of amides is 1. The van der Waals surface area contributed by atoms with E-state index in [1.165, 1.54) is 30.4 Å². The molecule has 2 unspecified atom stereocenters. The topological polar surface area (TPSA) is 41.1 Å². The minimum absolute atomic E-state index is 0.115. The number of rotatable bonds is 2. The number of benzene rings is 1. The van der Waals surface area contributed by atoms with Gasteiger partial charge >= 0.3 is 0 Å². The van der Waals surface area contributed by atoms with Gasteiger partial charge < -0.3 is 10.6 Å². The predicted octanol–water partition coefficient (Wildman–Crippen LogP) is 2.64. The first-order valence-corrected chi connectivity index (χ1v) is 7.88. The number of carbonyl (C=O) groups excluding carboxylic acids is 1. The molecule has 2 aliphatic rings. The molecule has 2 N–H and O–H groups in total. The van der Waals surface area contributed by atoms with Gasteiger partial charge in [-0.15, -0.1) is 0 Å². The molecule has 1 aliphatic heterocycles. The molecule has 2 atom stereocenters. The molecule has 3 rings (SSSR count). The number of nitrogens with one attached hydrogen (secondary N) is 2. The van der Waals surface area contributed by atoms with E-state index in [-0.39, 0.29) is 5.91 Å². The number of fused-ring (bicyclic) bond motifs is 1. The maximum atomic E-state index is 12.6. The van der Waals surface area contributed by atoms with Gasteiger partial charge in [0.15, 0.2) is 0 Å². The van der Waals surface area contributed by atoms with Crippen molar-refractivity contribution in [1.82, 2.24) is 10.6 Å². The Morgan fingerprint density at radius 2 is 2.15 bits per heavy atom. The van der Waals surface area contributed by atoms with E-state index in [2.05, 4.69) is 23.6 Å². The van der Waals surface area contributed by atoms with Crippen LogP contribution in [0.25, 0.3) is 0 Å². The molecule has 1 heterocycles. The summed E-state index contributed by atoms with van der Waals surface area (Å²) in [6.45, 7) is 4.09. The summed E-state index contributed by atoms with van der Waals surface area (Å²) in [7, 11) is 0. The highest BCUT2D eigenvalue weighted by Crippen LogP contribution is 2.25. The highest BCUT2D eigenvalue weighted by atomic mass is 16.1. The summed E-state index contributed by atoms with van der Waals surface area (Å²) in [5, 5.41) is 6.64. The smallest absolute Gasteiger partial charge is 0.251 e. The fourth-order valence-corrected chi connectivity index (χ4v) is 3.50. The molecule has 3 heteroatoms. The lowest BCUT2D eigenvalue weighted by Crippen LogP contribution is -2.41. The van der Waals surface area contributed by atoms with Gasteiger partial charge in [-0.25, -0.2) is 0 Å². The highest BCUT2D eigenvalue weighted by Gasteiger charge is 2.25. The van der Waals surface area contributed by atoms with E-state index in [1.807, 2.05) is 12.1 Å². The second-order valence-electron chi connectivity index (χ2n) is 6.21. The highest BCUT2D eigenvalue weighted by molar-refractivity contribution is 5.96. The lowest BCUT2D eigenvalue weighted by molar-refractivity contribution is 0.0909. The van der Waals surface area contributed by atoms with Crippen LogP contribution < -0.4 is 10.6 Å². The average molecular weight is 272 g/mol. The number of hydrogen-bond donors (Lipinski definition) is 2. The molecule has 0 spiro atoms. The van der Waals surface area contributed by atoms with Gasteiger partial charge in [0.1, 0.15) is 0 Å². The van der Waals surface area contributed by atoms with Crippen LogP contribution in [0.3, 0.4) is 0 Å². The quantitative estimate of drug-likeness (QED) is 0.869. The van der Waals surface area contributed by atoms with Gasteiger partial charge in [0.05, 0.1) is 0 Å². The first-order chi connectivity index (χ1) is 9.75. The van der Waals surface area contributed by atoms with Gasteiger partial charge in [-0.05, 0) is 48.9 Å². The van der Waals surface area contributed by atoms with E-state index in [0.717, 1.165) is 31.5 Å². The lowest BCUT2D eigenvalue weighted by Gasteiger charge is -2.30. The summed E-state index contributed by atoms with van der Waals surface area (Å²) in [4.78, 5) is 12.6. The van der Waals surface area contributed by atoms with Crippen LogP contribution in [-0.4, -0.2) is 18.5 Å². The summed E-state index contributed by atoms with van der Waals surface area (Å²) in [6.07, 6.45) is 5.93. The summed E-state index contributed by atoms with van der Waals surface area (Å²) in [6, 6.07) is 6.48. The first kappa shape index (κ1) is 13.6. The minimum Gasteiger partial charge on any atom is -0.349 e. The maximum absolute atomic E-state index is 12.6. The summed E-state index contributed by atoms with van der Waals surface area (Å²) < 4.78 is 0. The van der Waals surface area contributed by atoms with Crippen LogP contribution in [-0.2, 0) is 13.0 Å². The van der Waals surface area contributed by atoms with Crippen LogP contribution in [0.2, 0.25) is 0 Å². The Bertz CT molecular complexity index is 498. The van der Waals surface area contributed by atoms with Crippen LogP contribution in [0.5, 0.6) is 0 Å². The molecule has 0 saturated heterocycles. The predicted molar refractivity (Wildman–Crippen MR) is 80.7 cm³/mol. The lowest BCUT2D eigenvalue weighted by atomic mass is 9.85. The molecular weight excluding hydrogens is 248 g/mol. The Balaban J connectivity index is 1.77. The van der Waals surface area contributed by atoms with Crippen molar-refractivity contribution in [3.05, 3.63) is 34.9 Å². The van der Waals surface area contributed by atoms with Crippen LogP contribution >= 0.6 is 0 Å². The Kier molecular flexibility index (Phi) is 4.06. The van der Waals surface area contributed by atoms with Crippen molar-refractivity contribution in [2.45, 2.75) is 51.6 Å². The third-order valence-corrected chi connectivity index (χ3v) is 4.82. The maximum Gasteiger partial charge on any atom is 0.251 e. The van der Waals surface area contributed by atoms with Crippen molar-refractivity contribution in [2.24, 2.45) is 5.92 Å². The van der Waals surface area contributed by atoms with Gasteiger partial charge in [0.25, 0.3) is 5.91 Å². The zero-order valence-electron chi connectivity index (χ0n) is 12.2. The second kappa shape index (κ2) is 5.96. The standard InChI is InChI=1S/C17H24N2O/c1-12-5-2-3-8-16(12)19-17(20)14-7-4-6-13-9-10-18-11-15(13)14/h4,6-7,12,16,18H,2-3,5,8-11H2,1H3,(H,19,20). The largest absolute Gasteiger partial charge is 0.349 e. The minimum atomic E-state index is 0.115. The van der Waals surface area contributed by atoms with Crippen molar-refractivity contribution in [2.75, 3.05) is 6.54 Å². The second-order valence-corrected chi connectivity index (χ2v) is 6.21. The van der Waals surface area contributed by atoms with Gasteiger partial charge in [-0.1, -0.05) is 31.9 Å². The van der Waals surface area contributed by atoms with E-state index in [0.29, 0.717) is 12.0 Å². The van der Waals surface area contributed by atoms with Crippen molar-refractivity contribution >= 4 is 5.91 Å². The van der Waals surface area contributed by atoms with Crippen LogP contribution in [0.1, 0.15) is 54.1 Å². The first-order valence-electron chi connectivity index (χ1n) is 7.88. The Morgan fingerprint density at radius 1 is 1.30 bits per heavy atom. The molecular formula is C17H24N2O. The molecule has 1 aromatic rings. The molecule has 0 bridgehead atoms. The van der Waals surface area contributed by atoms with E-state index in [4.69, 9.17) is 0 Å². The number of carbonyl (C=O) groups is 1. The Morgan fingerprint density at radius 3 is 3.00 bits per heavy atom. The summed E-state index contributed by atoms with van der Waals surface area (Å²) >= 11 is 0. The number of hydrogen-bond acceptors (Lipinski definition) is 2. The molecule has 108 valence electrons. The molecule has 1 aliphatic carbocycles. The molecule has 1 fully saturated rings. The average Bonchev–Trinajstić information content (AvgIpc) is 2.49. The van der Waals surface area contributed by atoms with E-state index >= 15 is 0 Å². The van der Waals surface area contributed by atoms with E-state index < -0.39 is 0 Å². The molecule has 1 aromatic carbocycles. The monoisotopic (exact) mass is 272 g/mol. The molecule has 20 heavy (non-hydrogen) atoms. The fraction of sp³-hybridized carbons (Fsp3) is 0.588. The molecule has 1 saturated carbocycles. The van der Waals surface area contributed by atoms with Crippen molar-refractivity contribution < 1.29 is 4.79 Å². The molecule has 3 nitrogen and oxygen atoms in total. The van der Waals surface area contributed by atoms with E-state index in [9.17, 15) is 4.79 Å². The molecule has 0 radical (unpaired) electrons. The SMILES string of the molecule is CC1CCCCC1NC(=O)c1cccc2c1CNCC2. The summed E-state index contributed by atoms with van der Waals surface area (Å²) in [5.74, 6) is 0.717. The van der Waals surface area contributed by atoms with Gasteiger partial charge in [-0.3, -0.25) is 4.79 Å². The van der Waals surface area contributed by atoms with Gasteiger partial charge in [-0.2, -0.15) is 0 Å². The van der Waals surface area contributed by atoms with Crippen LogP contribution in [0.15, 0.2) is 18.2 Å². The van der Waals surface area contributed by atoms with Crippen molar-refractivity contribution in [3.63, 3.8) is 0 Å². The molecule has 0 aromatic heterocycles. The third-order valence-electron chi connectivity index (χ3n) is 4.82. The fourth-order valence-electron chi connectivity index (χ4n) is 3.50. The molecule has 1 amide bonds.